The van der Waals surface area contributed by atoms with Crippen LogP contribution in [-0.4, -0.2) is 33.7 Å². The van der Waals surface area contributed by atoms with E-state index >= 15 is 0 Å². The highest BCUT2D eigenvalue weighted by Gasteiger charge is 2.30. The van der Waals surface area contributed by atoms with E-state index < -0.39 is 5.97 Å². The van der Waals surface area contributed by atoms with Crippen LogP contribution in [0.5, 0.6) is 0 Å². The fourth-order valence-electron chi connectivity index (χ4n) is 2.85. The van der Waals surface area contributed by atoms with Crippen LogP contribution < -0.4 is 0 Å². The van der Waals surface area contributed by atoms with Gasteiger partial charge in [0.15, 0.2) is 0 Å². The van der Waals surface area contributed by atoms with Crippen molar-refractivity contribution in [2.24, 2.45) is 5.10 Å². The van der Waals surface area contributed by atoms with Crippen LogP contribution in [0.15, 0.2) is 70.2 Å². The fourth-order valence-corrected chi connectivity index (χ4v) is 3.12. The van der Waals surface area contributed by atoms with Crippen molar-refractivity contribution in [1.29, 1.82) is 0 Å². The van der Waals surface area contributed by atoms with Crippen molar-refractivity contribution in [1.82, 2.24) is 5.01 Å². The third-order valence-corrected chi connectivity index (χ3v) is 4.77. The van der Waals surface area contributed by atoms with Crippen LogP contribution in [0, 0.1) is 0 Å². The Kier molecular flexibility index (Phi) is 6.19. The predicted octanol–water partition coefficient (Wildman–Crippen LogP) is 4.33. The van der Waals surface area contributed by atoms with E-state index in [4.69, 9.17) is 5.11 Å². The number of carbonyl (C=O) groups excluding carboxylic acids is 1. The molecule has 0 spiro atoms. The first-order chi connectivity index (χ1) is 13.0. The highest BCUT2D eigenvalue weighted by Crippen LogP contribution is 2.24. The molecule has 0 radical (unpaired) electrons. The zero-order chi connectivity index (χ0) is 19.2. The van der Waals surface area contributed by atoms with E-state index in [0.717, 1.165) is 21.3 Å². The van der Waals surface area contributed by atoms with Gasteiger partial charge in [0.05, 0.1) is 18.2 Å². The summed E-state index contributed by atoms with van der Waals surface area (Å²) in [6.07, 6.45) is 4.23. The van der Waals surface area contributed by atoms with E-state index in [9.17, 15) is 9.59 Å². The molecule has 1 aliphatic heterocycles. The van der Waals surface area contributed by atoms with E-state index in [1.807, 2.05) is 66.7 Å². The van der Waals surface area contributed by atoms with E-state index in [2.05, 4.69) is 21.0 Å². The number of hydrazone groups is 1. The normalized spacial score (nSPS) is 16.6. The summed E-state index contributed by atoms with van der Waals surface area (Å²) in [4.78, 5) is 23.3. The van der Waals surface area contributed by atoms with Gasteiger partial charge in [-0.25, -0.2) is 5.01 Å². The average Bonchev–Trinajstić information content (AvgIpc) is 3.10. The Morgan fingerprint density at radius 1 is 1.11 bits per heavy atom. The zero-order valence-electron chi connectivity index (χ0n) is 14.6. The van der Waals surface area contributed by atoms with Crippen molar-refractivity contribution in [3.8, 4) is 0 Å². The molecular formula is C21H19BrN2O3. The Labute approximate surface area is 166 Å². The quantitative estimate of drug-likeness (QED) is 0.746. The maximum absolute atomic E-state index is 12.5. The number of aliphatic carboxylic acids is 1. The molecule has 0 unspecified atom stereocenters. The van der Waals surface area contributed by atoms with Crippen molar-refractivity contribution in [2.45, 2.75) is 25.3 Å². The van der Waals surface area contributed by atoms with Crippen LogP contribution in [0.3, 0.4) is 0 Å². The number of hydrogen-bond acceptors (Lipinski definition) is 3. The van der Waals surface area contributed by atoms with Gasteiger partial charge < -0.3 is 5.11 Å². The van der Waals surface area contributed by atoms with Crippen molar-refractivity contribution in [3.63, 3.8) is 0 Å². The largest absolute Gasteiger partial charge is 0.481 e. The van der Waals surface area contributed by atoms with Crippen LogP contribution in [0.1, 0.15) is 30.4 Å². The number of hydrogen-bond donors (Lipinski definition) is 1. The molecule has 0 aromatic heterocycles. The Morgan fingerprint density at radius 2 is 1.81 bits per heavy atom. The van der Waals surface area contributed by atoms with E-state index in [0.29, 0.717) is 6.42 Å². The molecule has 0 saturated heterocycles. The number of rotatable bonds is 6. The highest BCUT2D eigenvalue weighted by molar-refractivity contribution is 9.10. The fraction of sp³-hybridized carbons (Fsp3) is 0.190. The molecule has 5 nitrogen and oxygen atoms in total. The van der Waals surface area contributed by atoms with E-state index in [1.165, 1.54) is 5.01 Å². The summed E-state index contributed by atoms with van der Waals surface area (Å²) in [5.74, 6) is -1.27. The lowest BCUT2D eigenvalue weighted by Gasteiger charge is -2.18. The summed E-state index contributed by atoms with van der Waals surface area (Å²) in [7, 11) is 0. The summed E-state index contributed by atoms with van der Waals surface area (Å²) >= 11 is 3.41. The first kappa shape index (κ1) is 19.0. The van der Waals surface area contributed by atoms with Gasteiger partial charge in [-0.15, -0.1) is 0 Å². The second-order valence-electron chi connectivity index (χ2n) is 6.23. The molecule has 1 N–H and O–H groups in total. The molecule has 3 rings (SSSR count). The average molecular weight is 427 g/mol. The Hall–Kier alpha value is -2.73. The van der Waals surface area contributed by atoms with Crippen molar-refractivity contribution < 1.29 is 14.7 Å². The molecule has 0 saturated carbocycles. The minimum absolute atomic E-state index is 0.0673. The number of halogens is 1. The summed E-state index contributed by atoms with van der Waals surface area (Å²) in [5.41, 5.74) is 2.80. The van der Waals surface area contributed by atoms with Crippen LogP contribution in [-0.2, 0) is 9.59 Å². The molecule has 1 heterocycles. The standard InChI is InChI=1S/C21H19BrN2O3/c22-17-9-7-16(8-10-17)19-14-18(11-6-15-4-2-1-3-5-15)24(23-19)20(25)12-13-21(26)27/h1-11,18H,12-14H2,(H,26,27)/b11-6+/t18-/m0/s1. The number of amides is 1. The van der Waals surface area contributed by atoms with Crippen molar-refractivity contribution >= 4 is 39.6 Å². The molecule has 1 amide bonds. The number of carbonyl (C=O) groups is 2. The van der Waals surface area contributed by atoms with E-state index in [1.54, 1.807) is 0 Å². The summed E-state index contributed by atoms with van der Waals surface area (Å²) in [5, 5.41) is 14.8. The number of carboxylic acid groups (broad SMARTS) is 1. The monoisotopic (exact) mass is 426 g/mol. The molecule has 0 fully saturated rings. The van der Waals surface area contributed by atoms with Gasteiger partial charge in [0, 0.05) is 17.3 Å². The Bertz CT molecular complexity index is 876. The van der Waals surface area contributed by atoms with Gasteiger partial charge in [0.2, 0.25) is 5.91 Å². The molecule has 6 heteroatoms. The molecule has 2 aromatic carbocycles. The van der Waals surface area contributed by atoms with Gasteiger partial charge >= 0.3 is 5.97 Å². The van der Waals surface area contributed by atoms with Gasteiger partial charge in [-0.05, 0) is 23.3 Å². The van der Waals surface area contributed by atoms with Gasteiger partial charge in [0.1, 0.15) is 0 Å². The SMILES string of the molecule is O=C(O)CCC(=O)N1N=C(c2ccc(Br)cc2)C[C@@H]1/C=C/c1ccccc1. The van der Waals surface area contributed by atoms with Gasteiger partial charge in [-0.2, -0.15) is 5.10 Å². The van der Waals surface area contributed by atoms with Gasteiger partial charge in [-0.1, -0.05) is 70.5 Å². The maximum Gasteiger partial charge on any atom is 0.303 e. The molecule has 2 aromatic rings. The van der Waals surface area contributed by atoms with Crippen LogP contribution >= 0.6 is 15.9 Å². The minimum Gasteiger partial charge on any atom is -0.481 e. The van der Waals surface area contributed by atoms with Crippen LogP contribution in [0.25, 0.3) is 6.08 Å². The zero-order valence-corrected chi connectivity index (χ0v) is 16.2. The van der Waals surface area contributed by atoms with Gasteiger partial charge in [-0.3, -0.25) is 9.59 Å². The predicted molar refractivity (Wildman–Crippen MR) is 108 cm³/mol. The highest BCUT2D eigenvalue weighted by atomic mass is 79.9. The Balaban J connectivity index is 1.82. The third-order valence-electron chi connectivity index (χ3n) is 4.24. The van der Waals surface area contributed by atoms with Crippen molar-refractivity contribution in [3.05, 3.63) is 76.3 Å². The second kappa shape index (κ2) is 8.77. The molecular weight excluding hydrogens is 408 g/mol. The molecule has 0 bridgehead atoms. The second-order valence-corrected chi connectivity index (χ2v) is 7.14. The smallest absolute Gasteiger partial charge is 0.303 e. The number of nitrogens with zero attached hydrogens (tertiary/aromatic N) is 2. The van der Waals surface area contributed by atoms with E-state index in [-0.39, 0.29) is 24.8 Å². The summed E-state index contributed by atoms with van der Waals surface area (Å²) < 4.78 is 0.972. The lowest BCUT2D eigenvalue weighted by Crippen LogP contribution is -2.31. The topological polar surface area (TPSA) is 70.0 Å². The lowest BCUT2D eigenvalue weighted by atomic mass is 10.0. The molecule has 27 heavy (non-hydrogen) atoms. The molecule has 138 valence electrons. The van der Waals surface area contributed by atoms with Crippen molar-refractivity contribution in [2.75, 3.05) is 0 Å². The third kappa shape index (κ3) is 5.14. The summed E-state index contributed by atoms with van der Waals surface area (Å²) in [6.45, 7) is 0. The maximum atomic E-state index is 12.5. The number of benzene rings is 2. The lowest BCUT2D eigenvalue weighted by molar-refractivity contribution is -0.141. The van der Waals surface area contributed by atoms with Crippen LogP contribution in [0.2, 0.25) is 0 Å². The van der Waals surface area contributed by atoms with Crippen LogP contribution in [0.4, 0.5) is 0 Å². The molecule has 1 aliphatic rings. The summed E-state index contributed by atoms with van der Waals surface area (Å²) in [6, 6.07) is 17.4. The first-order valence-corrected chi connectivity index (χ1v) is 9.43. The number of carboxylic acids is 1. The molecule has 1 atom stereocenters. The first-order valence-electron chi connectivity index (χ1n) is 8.63. The van der Waals surface area contributed by atoms with Gasteiger partial charge in [0.25, 0.3) is 0 Å². The minimum atomic E-state index is -0.990. The molecule has 0 aliphatic carbocycles. The Morgan fingerprint density at radius 3 is 2.48 bits per heavy atom.